The van der Waals surface area contributed by atoms with Gasteiger partial charge in [-0.1, -0.05) is 17.7 Å². The molecule has 1 saturated heterocycles. The van der Waals surface area contributed by atoms with Gasteiger partial charge in [-0.25, -0.2) is 8.42 Å². The number of nitrogens with zero attached hydrogens (tertiary/aromatic N) is 1. The monoisotopic (exact) mass is 360 g/mol. The van der Waals surface area contributed by atoms with E-state index in [0.717, 1.165) is 18.4 Å². The van der Waals surface area contributed by atoms with Crippen LogP contribution in [0.1, 0.15) is 30.0 Å². The lowest BCUT2D eigenvalue weighted by Gasteiger charge is -2.30. The molecule has 0 amide bonds. The fourth-order valence-electron chi connectivity index (χ4n) is 3.44. The van der Waals surface area contributed by atoms with Crippen molar-refractivity contribution in [3.63, 3.8) is 0 Å². The van der Waals surface area contributed by atoms with Crippen LogP contribution in [0.2, 0.25) is 0 Å². The number of nitrogens with one attached hydrogen (secondary N) is 1. The average Bonchev–Trinajstić information content (AvgIpc) is 3.24. The zero-order chi connectivity index (χ0) is 16.7. The molecule has 2 aromatic heterocycles. The van der Waals surface area contributed by atoms with E-state index in [9.17, 15) is 8.42 Å². The Hall–Kier alpha value is -1.63. The van der Waals surface area contributed by atoms with Crippen molar-refractivity contribution in [3.05, 3.63) is 53.0 Å². The summed E-state index contributed by atoms with van der Waals surface area (Å²) in [5, 5.41) is 3.05. The Morgan fingerprint density at radius 3 is 2.67 bits per heavy atom. The minimum absolute atomic E-state index is 0.396. The Labute approximate surface area is 146 Å². The Morgan fingerprint density at radius 2 is 1.96 bits per heavy atom. The van der Waals surface area contributed by atoms with E-state index in [-0.39, 0.29) is 0 Å². The molecule has 1 aromatic carbocycles. The average molecular weight is 361 g/mol. The van der Waals surface area contributed by atoms with Crippen molar-refractivity contribution in [2.24, 2.45) is 0 Å². The van der Waals surface area contributed by atoms with Gasteiger partial charge in [-0.2, -0.15) is 4.31 Å². The number of sulfonamides is 1. The SMILES string of the molecule is Cc1ccc2[nH]c(C3CCN(S(=O)(=O)c4cccs4)CC3)cc2c1. The van der Waals surface area contributed by atoms with Gasteiger partial charge in [0.05, 0.1) is 0 Å². The van der Waals surface area contributed by atoms with Gasteiger partial charge in [-0.15, -0.1) is 11.3 Å². The minimum atomic E-state index is -3.31. The third-order valence-electron chi connectivity index (χ3n) is 4.78. The van der Waals surface area contributed by atoms with E-state index in [1.54, 1.807) is 16.4 Å². The molecule has 0 unspecified atom stereocenters. The Kier molecular flexibility index (Phi) is 3.98. The van der Waals surface area contributed by atoms with Crippen LogP contribution in [0, 0.1) is 6.92 Å². The van der Waals surface area contributed by atoms with Crippen LogP contribution in [0.15, 0.2) is 46.0 Å². The standard InChI is InChI=1S/C18H20N2O2S2/c1-13-4-5-16-15(11-13)12-17(19-16)14-6-8-20(9-7-14)24(21,22)18-3-2-10-23-18/h2-5,10-12,14,19H,6-9H2,1H3. The smallest absolute Gasteiger partial charge is 0.252 e. The van der Waals surface area contributed by atoms with Gasteiger partial charge in [0.1, 0.15) is 4.21 Å². The Balaban J connectivity index is 1.51. The number of aryl methyl sites for hydroxylation is 1. The number of rotatable bonds is 3. The lowest BCUT2D eigenvalue weighted by molar-refractivity contribution is 0.318. The maximum absolute atomic E-state index is 12.6. The van der Waals surface area contributed by atoms with Crippen molar-refractivity contribution < 1.29 is 8.42 Å². The first kappa shape index (κ1) is 15.9. The number of hydrogen-bond donors (Lipinski definition) is 1. The minimum Gasteiger partial charge on any atom is -0.358 e. The lowest BCUT2D eigenvalue weighted by atomic mass is 9.95. The molecule has 24 heavy (non-hydrogen) atoms. The summed E-state index contributed by atoms with van der Waals surface area (Å²) in [7, 11) is -3.31. The normalized spacial score (nSPS) is 17.5. The molecular weight excluding hydrogens is 340 g/mol. The molecule has 0 saturated carbocycles. The van der Waals surface area contributed by atoms with E-state index >= 15 is 0 Å². The highest BCUT2D eigenvalue weighted by atomic mass is 32.2. The first-order valence-corrected chi connectivity index (χ1v) is 10.5. The van der Waals surface area contributed by atoms with Crippen molar-refractivity contribution in [3.8, 4) is 0 Å². The molecule has 0 atom stereocenters. The van der Waals surface area contributed by atoms with E-state index in [1.165, 1.54) is 28.0 Å². The van der Waals surface area contributed by atoms with Crippen molar-refractivity contribution in [1.82, 2.24) is 9.29 Å². The molecule has 1 fully saturated rings. The van der Waals surface area contributed by atoms with Gasteiger partial charge in [0.2, 0.25) is 0 Å². The van der Waals surface area contributed by atoms with E-state index < -0.39 is 10.0 Å². The molecular formula is C18H20N2O2S2. The van der Waals surface area contributed by atoms with Gasteiger partial charge in [0.25, 0.3) is 10.0 Å². The predicted molar refractivity (Wildman–Crippen MR) is 98.1 cm³/mol. The second-order valence-electron chi connectivity index (χ2n) is 6.43. The first-order valence-electron chi connectivity index (χ1n) is 8.17. The van der Waals surface area contributed by atoms with Gasteiger partial charge in [0, 0.05) is 30.2 Å². The number of aromatic amines is 1. The van der Waals surface area contributed by atoms with E-state index in [2.05, 4.69) is 36.2 Å². The summed E-state index contributed by atoms with van der Waals surface area (Å²) in [6.45, 7) is 3.26. The van der Waals surface area contributed by atoms with Crippen molar-refractivity contribution in [2.75, 3.05) is 13.1 Å². The summed E-state index contributed by atoms with van der Waals surface area (Å²) in [6.07, 6.45) is 1.72. The van der Waals surface area contributed by atoms with Crippen LogP contribution in [-0.4, -0.2) is 30.8 Å². The Morgan fingerprint density at radius 1 is 1.17 bits per heavy atom. The molecule has 4 nitrogen and oxygen atoms in total. The zero-order valence-corrected chi connectivity index (χ0v) is 15.2. The molecule has 3 aromatic rings. The van der Waals surface area contributed by atoms with Gasteiger partial charge in [-0.3, -0.25) is 0 Å². The molecule has 4 rings (SSSR count). The highest BCUT2D eigenvalue weighted by Crippen LogP contribution is 2.33. The highest BCUT2D eigenvalue weighted by Gasteiger charge is 2.30. The van der Waals surface area contributed by atoms with Crippen molar-refractivity contribution in [2.45, 2.75) is 29.9 Å². The van der Waals surface area contributed by atoms with Crippen LogP contribution in [0.5, 0.6) is 0 Å². The molecule has 0 aliphatic carbocycles. The molecule has 0 spiro atoms. The summed E-state index contributed by atoms with van der Waals surface area (Å²) >= 11 is 1.29. The molecule has 3 heterocycles. The van der Waals surface area contributed by atoms with Gasteiger partial charge < -0.3 is 4.98 Å². The fourth-order valence-corrected chi connectivity index (χ4v) is 6.05. The second kappa shape index (κ2) is 6.02. The van der Waals surface area contributed by atoms with Crippen LogP contribution in [0.3, 0.4) is 0 Å². The number of piperidine rings is 1. The van der Waals surface area contributed by atoms with Crippen LogP contribution in [0.4, 0.5) is 0 Å². The van der Waals surface area contributed by atoms with Crippen molar-refractivity contribution in [1.29, 1.82) is 0 Å². The summed E-state index contributed by atoms with van der Waals surface area (Å²) in [5.41, 5.74) is 3.64. The number of aromatic nitrogens is 1. The van der Waals surface area contributed by atoms with Gasteiger partial charge >= 0.3 is 0 Å². The maximum atomic E-state index is 12.6. The predicted octanol–water partition coefficient (Wildman–Crippen LogP) is 4.11. The molecule has 1 aliphatic heterocycles. The summed E-state index contributed by atoms with van der Waals surface area (Å²) < 4.78 is 27.3. The van der Waals surface area contributed by atoms with E-state index in [1.807, 2.05) is 5.38 Å². The molecule has 0 bridgehead atoms. The van der Waals surface area contributed by atoms with Gasteiger partial charge in [0.15, 0.2) is 0 Å². The zero-order valence-electron chi connectivity index (χ0n) is 13.5. The van der Waals surface area contributed by atoms with E-state index in [0.29, 0.717) is 23.2 Å². The topological polar surface area (TPSA) is 53.2 Å². The summed E-state index contributed by atoms with van der Waals surface area (Å²) in [4.78, 5) is 3.51. The molecule has 1 aliphatic rings. The third kappa shape index (κ3) is 2.79. The van der Waals surface area contributed by atoms with Crippen LogP contribution in [0.25, 0.3) is 10.9 Å². The van der Waals surface area contributed by atoms with Crippen LogP contribution in [-0.2, 0) is 10.0 Å². The second-order valence-corrected chi connectivity index (χ2v) is 9.54. The fraction of sp³-hybridized carbons (Fsp3) is 0.333. The largest absolute Gasteiger partial charge is 0.358 e. The highest BCUT2D eigenvalue weighted by molar-refractivity contribution is 7.91. The number of fused-ring (bicyclic) bond motifs is 1. The lowest BCUT2D eigenvalue weighted by Crippen LogP contribution is -2.37. The number of benzene rings is 1. The summed E-state index contributed by atoms with van der Waals surface area (Å²) in [6, 6.07) is 12.1. The van der Waals surface area contributed by atoms with Crippen LogP contribution < -0.4 is 0 Å². The number of hydrogen-bond acceptors (Lipinski definition) is 3. The van der Waals surface area contributed by atoms with E-state index in [4.69, 9.17) is 0 Å². The first-order chi connectivity index (χ1) is 11.5. The number of H-pyrrole nitrogens is 1. The number of thiophene rings is 1. The molecule has 6 heteroatoms. The Bertz CT molecular complexity index is 950. The quantitative estimate of drug-likeness (QED) is 0.764. The third-order valence-corrected chi connectivity index (χ3v) is 8.05. The van der Waals surface area contributed by atoms with Gasteiger partial charge in [-0.05, 0) is 54.8 Å². The molecule has 1 N–H and O–H groups in total. The maximum Gasteiger partial charge on any atom is 0.252 e. The van der Waals surface area contributed by atoms with Crippen molar-refractivity contribution >= 4 is 32.3 Å². The molecule has 126 valence electrons. The molecule has 0 radical (unpaired) electrons. The van der Waals surface area contributed by atoms with Crippen LogP contribution >= 0.6 is 11.3 Å². The summed E-state index contributed by atoms with van der Waals surface area (Å²) in [5.74, 6) is 0.396.